The lowest BCUT2D eigenvalue weighted by atomic mass is 10.1. The van der Waals surface area contributed by atoms with Crippen LogP contribution in [0.4, 0.5) is 0 Å². The number of halogens is 1. The lowest BCUT2D eigenvalue weighted by molar-refractivity contribution is 0.0590. The summed E-state index contributed by atoms with van der Waals surface area (Å²) in [6.45, 7) is 1.75. The number of benzene rings is 1. The highest BCUT2D eigenvalue weighted by Crippen LogP contribution is 2.27. The summed E-state index contributed by atoms with van der Waals surface area (Å²) < 4.78 is 11.5. The van der Waals surface area contributed by atoms with E-state index in [2.05, 4.69) is 10.1 Å². The van der Waals surface area contributed by atoms with E-state index in [0.717, 1.165) is 5.56 Å². The van der Waals surface area contributed by atoms with Gasteiger partial charge in [0.05, 0.1) is 25.6 Å². The predicted molar refractivity (Wildman–Crippen MR) is 86.1 cm³/mol. The quantitative estimate of drug-likeness (QED) is 0.690. The molecule has 3 aromatic rings. The van der Waals surface area contributed by atoms with Crippen LogP contribution in [0.25, 0.3) is 16.9 Å². The van der Waals surface area contributed by atoms with Gasteiger partial charge in [0.25, 0.3) is 0 Å². The second-order valence-corrected chi connectivity index (χ2v) is 5.26. The molecular weight excluding hydrogens is 318 g/mol. The van der Waals surface area contributed by atoms with Gasteiger partial charge in [0.15, 0.2) is 11.3 Å². The maximum Gasteiger partial charge on any atom is 0.356 e. The van der Waals surface area contributed by atoms with E-state index in [9.17, 15) is 4.79 Å². The van der Waals surface area contributed by atoms with E-state index in [1.54, 1.807) is 20.1 Å². The molecule has 2 heterocycles. The molecule has 118 valence electrons. The topological polar surface area (TPSA) is 65.7 Å². The van der Waals surface area contributed by atoms with Crippen LogP contribution in [0.3, 0.4) is 0 Å². The molecular formula is C16H14ClN3O3. The largest absolute Gasteiger partial charge is 0.497 e. The fourth-order valence-electron chi connectivity index (χ4n) is 2.28. The minimum Gasteiger partial charge on any atom is -0.497 e. The second-order valence-electron chi connectivity index (χ2n) is 4.88. The van der Waals surface area contributed by atoms with Gasteiger partial charge in [-0.3, -0.25) is 0 Å². The van der Waals surface area contributed by atoms with Crippen LogP contribution < -0.4 is 4.74 Å². The molecule has 0 aliphatic heterocycles. The Morgan fingerprint density at radius 1 is 1.26 bits per heavy atom. The molecule has 0 spiro atoms. The van der Waals surface area contributed by atoms with Crippen molar-refractivity contribution in [3.63, 3.8) is 0 Å². The molecule has 0 bridgehead atoms. The van der Waals surface area contributed by atoms with Crippen LogP contribution in [-0.4, -0.2) is 34.8 Å². The molecule has 0 saturated heterocycles. The molecule has 3 rings (SSSR count). The number of esters is 1. The Balaban J connectivity index is 2.29. The van der Waals surface area contributed by atoms with E-state index in [4.69, 9.17) is 21.1 Å². The molecule has 23 heavy (non-hydrogen) atoms. The highest BCUT2D eigenvalue weighted by Gasteiger charge is 2.19. The first kappa shape index (κ1) is 15.3. The average molecular weight is 332 g/mol. The van der Waals surface area contributed by atoms with Gasteiger partial charge in [0, 0.05) is 5.56 Å². The van der Waals surface area contributed by atoms with E-state index in [-0.39, 0.29) is 5.69 Å². The van der Waals surface area contributed by atoms with Gasteiger partial charge in [-0.15, -0.1) is 0 Å². The molecule has 1 aromatic carbocycles. The lowest BCUT2D eigenvalue weighted by Crippen LogP contribution is -2.10. The minimum absolute atomic E-state index is 0.255. The fraction of sp³-hybridized carbons (Fsp3) is 0.188. The molecule has 0 radical (unpaired) electrons. The van der Waals surface area contributed by atoms with E-state index < -0.39 is 5.97 Å². The van der Waals surface area contributed by atoms with Crippen LogP contribution >= 0.6 is 11.6 Å². The maximum absolute atomic E-state index is 12.1. The summed E-state index contributed by atoms with van der Waals surface area (Å²) in [5.74, 6) is 0.181. The van der Waals surface area contributed by atoms with Gasteiger partial charge in [0.2, 0.25) is 0 Å². The van der Waals surface area contributed by atoms with Crippen LogP contribution in [0.15, 0.2) is 30.3 Å². The highest BCUT2D eigenvalue weighted by molar-refractivity contribution is 6.34. The van der Waals surface area contributed by atoms with Gasteiger partial charge in [-0.05, 0) is 25.1 Å². The van der Waals surface area contributed by atoms with Crippen LogP contribution in [0.5, 0.6) is 5.75 Å². The summed E-state index contributed by atoms with van der Waals surface area (Å²) in [5, 5.41) is 4.65. The molecule has 0 atom stereocenters. The predicted octanol–water partition coefficient (Wildman–Crippen LogP) is 3.15. The molecule has 7 heteroatoms. The Labute approximate surface area is 137 Å². The van der Waals surface area contributed by atoms with E-state index >= 15 is 0 Å². The molecule has 0 fully saturated rings. The molecule has 0 aliphatic carbocycles. The minimum atomic E-state index is -0.513. The van der Waals surface area contributed by atoms with Gasteiger partial charge < -0.3 is 9.47 Å². The normalized spacial score (nSPS) is 10.8. The smallest absolute Gasteiger partial charge is 0.356 e. The van der Waals surface area contributed by atoms with Crippen molar-refractivity contribution in [3.05, 3.63) is 46.7 Å². The van der Waals surface area contributed by atoms with E-state index in [1.165, 1.54) is 11.6 Å². The molecule has 0 saturated carbocycles. The molecule has 0 unspecified atom stereocenters. The summed E-state index contributed by atoms with van der Waals surface area (Å²) in [7, 11) is 2.91. The number of fused-ring (bicyclic) bond motifs is 1. The van der Waals surface area contributed by atoms with Crippen molar-refractivity contribution in [2.75, 3.05) is 14.2 Å². The first-order chi connectivity index (χ1) is 11.0. The van der Waals surface area contributed by atoms with Gasteiger partial charge in [-0.1, -0.05) is 23.7 Å². The summed E-state index contributed by atoms with van der Waals surface area (Å²) >= 11 is 6.26. The van der Waals surface area contributed by atoms with Crippen molar-refractivity contribution in [2.24, 2.45) is 0 Å². The molecule has 0 amide bonds. The number of rotatable bonds is 3. The number of ether oxygens (including phenoxy) is 2. The van der Waals surface area contributed by atoms with Crippen LogP contribution in [0.2, 0.25) is 5.02 Å². The Kier molecular flexibility index (Phi) is 3.92. The average Bonchev–Trinajstić information content (AvgIpc) is 2.88. The number of hydrogen-bond donors (Lipinski definition) is 0. The van der Waals surface area contributed by atoms with Crippen molar-refractivity contribution in [1.29, 1.82) is 0 Å². The number of aryl methyl sites for hydroxylation is 1. The molecule has 0 aliphatic rings. The summed E-state index contributed by atoms with van der Waals surface area (Å²) in [6, 6.07) is 9.01. The van der Waals surface area contributed by atoms with Crippen LogP contribution in [0.1, 0.15) is 16.2 Å². The number of carbonyl (C=O) groups excluding carboxylic acids is 1. The Morgan fingerprint density at radius 2 is 2.04 bits per heavy atom. The second kappa shape index (κ2) is 5.89. The van der Waals surface area contributed by atoms with Gasteiger partial charge in [-0.25, -0.2) is 14.3 Å². The first-order valence-electron chi connectivity index (χ1n) is 6.83. The van der Waals surface area contributed by atoms with Gasteiger partial charge in [-0.2, -0.15) is 5.10 Å². The van der Waals surface area contributed by atoms with Crippen molar-refractivity contribution in [1.82, 2.24) is 14.6 Å². The standard InChI is InChI=1S/C16H14ClN3O3/c1-9-14(17)15-18-12(10-5-4-6-11(7-10)22-2)8-13(16(21)23-3)20(15)19-9/h4-8H,1-3H3. The van der Waals surface area contributed by atoms with Crippen molar-refractivity contribution in [3.8, 4) is 17.0 Å². The third-order valence-corrected chi connectivity index (χ3v) is 3.90. The number of nitrogens with zero attached hydrogens (tertiary/aromatic N) is 3. The van der Waals surface area contributed by atoms with Gasteiger partial charge in [0.1, 0.15) is 10.8 Å². The van der Waals surface area contributed by atoms with Gasteiger partial charge >= 0.3 is 5.97 Å². The number of methoxy groups -OCH3 is 2. The van der Waals surface area contributed by atoms with Crippen LogP contribution in [0, 0.1) is 6.92 Å². The fourth-order valence-corrected chi connectivity index (χ4v) is 2.44. The SMILES string of the molecule is COC(=O)c1cc(-c2cccc(OC)c2)nc2c(Cl)c(C)nn12. The summed E-state index contributed by atoms with van der Waals surface area (Å²) in [6.07, 6.45) is 0. The number of carbonyl (C=O) groups is 1. The van der Waals surface area contributed by atoms with Crippen LogP contribution in [-0.2, 0) is 4.74 Å². The third-order valence-electron chi connectivity index (χ3n) is 3.45. The zero-order valence-electron chi connectivity index (χ0n) is 12.8. The van der Waals surface area contributed by atoms with E-state index in [0.29, 0.717) is 27.8 Å². The number of hydrogen-bond acceptors (Lipinski definition) is 5. The summed E-state index contributed by atoms with van der Waals surface area (Å²) in [4.78, 5) is 16.6. The van der Waals surface area contributed by atoms with E-state index in [1.807, 2.05) is 24.3 Å². The molecule has 6 nitrogen and oxygen atoms in total. The Bertz CT molecular complexity index is 905. The zero-order chi connectivity index (χ0) is 16.6. The lowest BCUT2D eigenvalue weighted by Gasteiger charge is -2.08. The highest BCUT2D eigenvalue weighted by atomic mass is 35.5. The van der Waals surface area contributed by atoms with Crippen molar-refractivity contribution in [2.45, 2.75) is 6.92 Å². The first-order valence-corrected chi connectivity index (χ1v) is 7.21. The van der Waals surface area contributed by atoms with Crippen molar-refractivity contribution < 1.29 is 14.3 Å². The van der Waals surface area contributed by atoms with Crippen molar-refractivity contribution >= 4 is 23.2 Å². The molecule has 2 aromatic heterocycles. The monoisotopic (exact) mass is 331 g/mol. The zero-order valence-corrected chi connectivity index (χ0v) is 13.6. The number of aromatic nitrogens is 3. The Morgan fingerprint density at radius 3 is 2.74 bits per heavy atom. The summed E-state index contributed by atoms with van der Waals surface area (Å²) in [5.41, 5.74) is 2.63. The molecule has 0 N–H and O–H groups in total. The third kappa shape index (κ3) is 2.61. The maximum atomic E-state index is 12.1. The Hall–Kier alpha value is -2.60.